The highest BCUT2D eigenvalue weighted by molar-refractivity contribution is 7.79. The topological polar surface area (TPSA) is 44.1 Å². The lowest BCUT2D eigenvalue weighted by Crippen LogP contribution is -2.17. The number of thiol groups is 1. The Labute approximate surface area is 111 Å². The molecule has 5 heteroatoms. The van der Waals surface area contributed by atoms with E-state index >= 15 is 0 Å². The van der Waals surface area contributed by atoms with Crippen LogP contribution in [0.1, 0.15) is 11.4 Å². The molecule has 18 heavy (non-hydrogen) atoms. The summed E-state index contributed by atoms with van der Waals surface area (Å²) in [4.78, 5) is 11.6. The van der Waals surface area contributed by atoms with Gasteiger partial charge in [0.2, 0.25) is 5.43 Å². The third-order valence-electron chi connectivity index (χ3n) is 2.65. The quantitative estimate of drug-likeness (QED) is 0.860. The van der Waals surface area contributed by atoms with Gasteiger partial charge in [-0.05, 0) is 31.2 Å². The summed E-state index contributed by atoms with van der Waals surface area (Å²) in [6.45, 7) is 1.85. The fourth-order valence-corrected chi connectivity index (χ4v) is 1.90. The van der Waals surface area contributed by atoms with Crippen molar-refractivity contribution in [1.29, 1.82) is 0 Å². The molecule has 0 spiro atoms. The average molecular weight is 262 g/mol. The zero-order chi connectivity index (χ0) is 13.1. The summed E-state index contributed by atoms with van der Waals surface area (Å²) >= 11 is 4.11. The molecular weight excluding hydrogens is 248 g/mol. The van der Waals surface area contributed by atoms with Gasteiger partial charge in [0.05, 0.1) is 12.8 Å². The van der Waals surface area contributed by atoms with Crippen molar-refractivity contribution in [2.45, 2.75) is 12.7 Å². The van der Waals surface area contributed by atoms with Crippen molar-refractivity contribution in [3.63, 3.8) is 0 Å². The Morgan fingerprint density at radius 1 is 1.33 bits per heavy atom. The van der Waals surface area contributed by atoms with Gasteiger partial charge in [-0.2, -0.15) is 17.7 Å². The number of aromatic nitrogens is 2. The Hall–Kier alpha value is -1.75. The largest absolute Gasteiger partial charge is 0.497 e. The van der Waals surface area contributed by atoms with E-state index in [2.05, 4.69) is 17.7 Å². The van der Waals surface area contributed by atoms with E-state index in [4.69, 9.17) is 4.74 Å². The van der Waals surface area contributed by atoms with E-state index in [0.29, 0.717) is 11.4 Å². The zero-order valence-corrected chi connectivity index (χ0v) is 11.1. The van der Waals surface area contributed by atoms with Gasteiger partial charge in [-0.1, -0.05) is 0 Å². The van der Waals surface area contributed by atoms with Crippen LogP contribution in [0.25, 0.3) is 5.69 Å². The van der Waals surface area contributed by atoms with Gasteiger partial charge in [-0.15, -0.1) is 0 Å². The van der Waals surface area contributed by atoms with Crippen LogP contribution in [0, 0.1) is 6.92 Å². The molecule has 94 valence electrons. The summed E-state index contributed by atoms with van der Waals surface area (Å²) in [6.07, 6.45) is 0. The molecule has 2 aromatic rings. The van der Waals surface area contributed by atoms with Gasteiger partial charge >= 0.3 is 0 Å². The average Bonchev–Trinajstić information content (AvgIpc) is 2.39. The van der Waals surface area contributed by atoms with Gasteiger partial charge in [0.15, 0.2) is 0 Å². The molecule has 0 amide bonds. The first-order valence-electron chi connectivity index (χ1n) is 5.51. The molecule has 0 saturated carbocycles. The number of aryl methyl sites for hydroxylation is 1. The molecular formula is C13H14N2O2S. The minimum atomic E-state index is -0.0766. The number of benzene rings is 1. The fraction of sp³-hybridized carbons (Fsp3) is 0.231. The Morgan fingerprint density at radius 3 is 2.56 bits per heavy atom. The lowest BCUT2D eigenvalue weighted by Gasteiger charge is -2.11. The van der Waals surface area contributed by atoms with Crippen LogP contribution in [0.2, 0.25) is 0 Å². The lowest BCUT2D eigenvalue weighted by atomic mass is 10.3. The van der Waals surface area contributed by atoms with Crippen LogP contribution in [0.3, 0.4) is 0 Å². The van der Waals surface area contributed by atoms with Crippen molar-refractivity contribution in [2.75, 3.05) is 7.11 Å². The van der Waals surface area contributed by atoms with Crippen LogP contribution in [0.15, 0.2) is 35.1 Å². The number of ether oxygens (including phenoxy) is 1. The molecule has 1 aromatic carbocycles. The molecule has 0 radical (unpaired) electrons. The molecule has 4 nitrogen and oxygen atoms in total. The summed E-state index contributed by atoms with van der Waals surface area (Å²) < 4.78 is 6.84. The predicted octanol–water partition coefficient (Wildman–Crippen LogP) is 1.98. The van der Waals surface area contributed by atoms with E-state index in [1.807, 2.05) is 31.2 Å². The van der Waals surface area contributed by atoms with Gasteiger partial charge < -0.3 is 4.74 Å². The molecule has 1 heterocycles. The van der Waals surface area contributed by atoms with Gasteiger partial charge in [-0.25, -0.2) is 4.68 Å². The Kier molecular flexibility index (Phi) is 3.72. The van der Waals surface area contributed by atoms with Gasteiger partial charge in [0.1, 0.15) is 11.4 Å². The van der Waals surface area contributed by atoms with E-state index in [0.717, 1.165) is 17.1 Å². The summed E-state index contributed by atoms with van der Waals surface area (Å²) in [7, 11) is 1.62. The molecule has 0 unspecified atom stereocenters. The molecule has 0 fully saturated rings. The van der Waals surface area contributed by atoms with Crippen LogP contribution in [0.5, 0.6) is 5.75 Å². The Morgan fingerprint density at radius 2 is 2.00 bits per heavy atom. The Bertz CT molecular complexity index is 605. The lowest BCUT2D eigenvalue weighted by molar-refractivity contribution is 0.414. The maximum absolute atomic E-state index is 11.6. The molecule has 0 saturated heterocycles. The van der Waals surface area contributed by atoms with E-state index in [-0.39, 0.29) is 5.43 Å². The van der Waals surface area contributed by atoms with Crippen LogP contribution in [-0.4, -0.2) is 16.9 Å². The first-order valence-corrected chi connectivity index (χ1v) is 6.14. The Balaban J connectivity index is 2.52. The molecule has 0 aliphatic heterocycles. The summed E-state index contributed by atoms with van der Waals surface area (Å²) in [5.41, 5.74) is 2.04. The minimum absolute atomic E-state index is 0.0766. The van der Waals surface area contributed by atoms with E-state index in [1.54, 1.807) is 17.9 Å². The second-order valence-electron chi connectivity index (χ2n) is 3.86. The van der Waals surface area contributed by atoms with E-state index in [9.17, 15) is 4.79 Å². The van der Waals surface area contributed by atoms with Crippen molar-refractivity contribution >= 4 is 12.6 Å². The van der Waals surface area contributed by atoms with Crippen LogP contribution in [-0.2, 0) is 5.75 Å². The number of hydrogen-bond donors (Lipinski definition) is 1. The second kappa shape index (κ2) is 5.27. The van der Waals surface area contributed by atoms with Crippen LogP contribution in [0.4, 0.5) is 0 Å². The van der Waals surface area contributed by atoms with Crippen molar-refractivity contribution in [3.05, 3.63) is 51.9 Å². The van der Waals surface area contributed by atoms with E-state index in [1.165, 1.54) is 0 Å². The van der Waals surface area contributed by atoms with Gasteiger partial charge in [0, 0.05) is 17.5 Å². The molecule has 0 aliphatic rings. The molecule has 1 aromatic heterocycles. The highest BCUT2D eigenvalue weighted by atomic mass is 32.1. The summed E-state index contributed by atoms with van der Waals surface area (Å²) in [5, 5.41) is 4.30. The molecule has 2 rings (SSSR count). The highest BCUT2D eigenvalue weighted by Gasteiger charge is 2.06. The van der Waals surface area contributed by atoms with E-state index < -0.39 is 0 Å². The van der Waals surface area contributed by atoms with Crippen molar-refractivity contribution in [3.8, 4) is 11.4 Å². The summed E-state index contributed by atoms with van der Waals surface area (Å²) in [5.74, 6) is 1.11. The third kappa shape index (κ3) is 2.41. The molecule has 0 bridgehead atoms. The minimum Gasteiger partial charge on any atom is -0.497 e. The third-order valence-corrected chi connectivity index (χ3v) is 2.95. The number of hydrogen-bond acceptors (Lipinski definition) is 4. The maximum atomic E-state index is 11.6. The smallest absolute Gasteiger partial charge is 0.204 e. The highest BCUT2D eigenvalue weighted by Crippen LogP contribution is 2.15. The number of nitrogens with zero attached hydrogens (tertiary/aromatic N) is 2. The fourth-order valence-electron chi connectivity index (χ4n) is 1.68. The van der Waals surface area contributed by atoms with Crippen molar-refractivity contribution in [1.82, 2.24) is 9.78 Å². The van der Waals surface area contributed by atoms with Gasteiger partial charge in [-0.3, -0.25) is 4.79 Å². The maximum Gasteiger partial charge on any atom is 0.204 e. The predicted molar refractivity (Wildman–Crippen MR) is 73.8 cm³/mol. The zero-order valence-electron chi connectivity index (χ0n) is 10.3. The first-order chi connectivity index (χ1) is 8.65. The van der Waals surface area contributed by atoms with Crippen molar-refractivity contribution < 1.29 is 4.74 Å². The second-order valence-corrected chi connectivity index (χ2v) is 4.18. The summed E-state index contributed by atoms with van der Waals surface area (Å²) in [6, 6.07) is 9.07. The molecule has 0 aliphatic carbocycles. The molecule has 0 N–H and O–H groups in total. The normalized spacial score (nSPS) is 10.4. The number of methoxy groups -OCH3 is 1. The van der Waals surface area contributed by atoms with Gasteiger partial charge in [0.25, 0.3) is 0 Å². The first kappa shape index (κ1) is 12.7. The number of rotatable bonds is 3. The van der Waals surface area contributed by atoms with Crippen LogP contribution >= 0.6 is 12.6 Å². The SMILES string of the molecule is COc1ccc(-n2nc(CS)c(=O)cc2C)cc1. The molecule has 0 atom stereocenters. The monoisotopic (exact) mass is 262 g/mol. The standard InChI is InChI=1S/C13H14N2O2S/c1-9-7-13(16)12(8-18)14-15(9)10-3-5-11(17-2)6-4-10/h3-7,18H,8H2,1-2H3. The van der Waals surface area contributed by atoms with Crippen molar-refractivity contribution in [2.24, 2.45) is 0 Å². The van der Waals surface area contributed by atoms with Crippen LogP contribution < -0.4 is 10.2 Å².